The van der Waals surface area contributed by atoms with Gasteiger partial charge in [0.1, 0.15) is 0 Å². The fourth-order valence-electron chi connectivity index (χ4n) is 1.78. The monoisotopic (exact) mass is 300 g/mol. The predicted molar refractivity (Wildman–Crippen MR) is 70.8 cm³/mol. The van der Waals surface area contributed by atoms with Crippen LogP contribution in [0.4, 0.5) is 0 Å². The van der Waals surface area contributed by atoms with Gasteiger partial charge in [-0.2, -0.15) is 0 Å². The minimum absolute atomic E-state index is 0.646. The second-order valence-corrected chi connectivity index (χ2v) is 9.07. The molecule has 0 aliphatic carbocycles. The first-order valence-electron chi connectivity index (χ1n) is 6.22. The molecule has 0 spiro atoms. The summed E-state index contributed by atoms with van der Waals surface area (Å²) in [5, 5.41) is 0.788. The fourth-order valence-corrected chi connectivity index (χ4v) is 7.26. The third kappa shape index (κ3) is 4.79. The van der Waals surface area contributed by atoms with Crippen LogP contribution in [-0.4, -0.2) is 34.1 Å². The molecule has 0 atom stereocenters. The second kappa shape index (κ2) is 7.87. The van der Waals surface area contributed by atoms with Gasteiger partial charge in [-0.1, -0.05) is 0 Å². The number of benzene rings is 1. The van der Waals surface area contributed by atoms with E-state index < -0.39 is 14.3 Å². The van der Waals surface area contributed by atoms with Crippen LogP contribution >= 0.6 is 0 Å². The van der Waals surface area contributed by atoms with E-state index in [-0.39, 0.29) is 0 Å². The molecule has 3 nitrogen and oxygen atoms in total. The fraction of sp³-hybridized carbons (Fsp3) is 0.538. The molecule has 0 bridgehead atoms. The van der Waals surface area contributed by atoms with Gasteiger partial charge in [0, 0.05) is 0 Å². The molecule has 0 aliphatic heterocycles. The van der Waals surface area contributed by atoms with Gasteiger partial charge in [-0.05, 0) is 0 Å². The molecule has 0 aliphatic rings. The molecule has 0 saturated carbocycles. The molecule has 0 amide bonds. The van der Waals surface area contributed by atoms with Crippen molar-refractivity contribution in [3.8, 4) is 0 Å². The summed E-state index contributed by atoms with van der Waals surface area (Å²) in [7, 11) is 0. The van der Waals surface area contributed by atoms with Crippen molar-refractivity contribution in [3.05, 3.63) is 35.9 Å². The van der Waals surface area contributed by atoms with E-state index >= 15 is 0 Å². The van der Waals surface area contributed by atoms with Crippen LogP contribution in [0.15, 0.2) is 30.3 Å². The van der Waals surface area contributed by atoms with Crippen LogP contribution in [0.1, 0.15) is 26.3 Å². The zero-order valence-electron chi connectivity index (χ0n) is 10.9. The van der Waals surface area contributed by atoms with E-state index in [1.54, 1.807) is 0 Å². The molecule has 0 unspecified atom stereocenters. The minimum atomic E-state index is -3.09. The quantitative estimate of drug-likeness (QED) is 0.691. The first kappa shape index (κ1) is 14.7. The van der Waals surface area contributed by atoms with Gasteiger partial charge < -0.3 is 0 Å². The van der Waals surface area contributed by atoms with Crippen LogP contribution < -0.4 is 0 Å². The predicted octanol–water partition coefficient (Wildman–Crippen LogP) is 2.82. The maximum atomic E-state index is 5.86. The van der Waals surface area contributed by atoms with E-state index in [2.05, 4.69) is 12.1 Å². The van der Waals surface area contributed by atoms with Gasteiger partial charge in [0.05, 0.1) is 0 Å². The van der Waals surface area contributed by atoms with Gasteiger partial charge in [-0.15, -0.1) is 0 Å². The first-order valence-corrected chi connectivity index (χ1v) is 10.3. The van der Waals surface area contributed by atoms with Gasteiger partial charge in [-0.25, -0.2) is 0 Å². The van der Waals surface area contributed by atoms with E-state index in [1.165, 1.54) is 5.56 Å². The van der Waals surface area contributed by atoms with Gasteiger partial charge in [0.15, 0.2) is 0 Å². The van der Waals surface area contributed by atoms with E-state index in [9.17, 15) is 0 Å². The Morgan fingerprint density at radius 1 is 0.824 bits per heavy atom. The van der Waals surface area contributed by atoms with E-state index in [0.717, 1.165) is 5.25 Å². The third-order valence-corrected chi connectivity index (χ3v) is 8.71. The molecule has 96 valence electrons. The van der Waals surface area contributed by atoms with Crippen molar-refractivity contribution in [2.45, 2.75) is 26.0 Å². The molecule has 0 N–H and O–H groups in total. The zero-order chi connectivity index (χ0) is 12.6. The second-order valence-electron chi connectivity index (χ2n) is 3.64. The SMILES string of the molecule is CC[O][Ge]([CH2]c1ccccc1)([O]CC)[O]CC. The normalized spacial score (nSPS) is 11.7. The van der Waals surface area contributed by atoms with Gasteiger partial charge in [-0.3, -0.25) is 0 Å². The molecule has 1 aromatic carbocycles. The van der Waals surface area contributed by atoms with Crippen molar-refractivity contribution < 1.29 is 11.3 Å². The average Bonchev–Trinajstić information content (AvgIpc) is 2.31. The molecule has 4 heteroatoms. The van der Waals surface area contributed by atoms with E-state index in [4.69, 9.17) is 11.3 Å². The summed E-state index contributed by atoms with van der Waals surface area (Å²) in [5.41, 5.74) is 1.22. The van der Waals surface area contributed by atoms with Gasteiger partial charge in [0.25, 0.3) is 0 Å². The van der Waals surface area contributed by atoms with E-state index in [1.807, 2.05) is 39.0 Å². The van der Waals surface area contributed by atoms with Crippen molar-refractivity contribution in [1.82, 2.24) is 0 Å². The van der Waals surface area contributed by atoms with Crippen molar-refractivity contribution in [1.29, 1.82) is 0 Å². The van der Waals surface area contributed by atoms with Crippen LogP contribution in [-0.2, 0) is 16.5 Å². The Morgan fingerprint density at radius 2 is 1.29 bits per heavy atom. The Labute approximate surface area is 107 Å². The van der Waals surface area contributed by atoms with E-state index in [0.29, 0.717) is 19.8 Å². The van der Waals surface area contributed by atoms with Crippen LogP contribution in [0, 0.1) is 0 Å². The van der Waals surface area contributed by atoms with Crippen LogP contribution in [0.3, 0.4) is 0 Å². The zero-order valence-corrected chi connectivity index (χ0v) is 13.0. The average molecular weight is 299 g/mol. The molecule has 17 heavy (non-hydrogen) atoms. The summed E-state index contributed by atoms with van der Waals surface area (Å²) >= 11 is -3.09. The molecular weight excluding hydrogens is 277 g/mol. The molecule has 0 heterocycles. The van der Waals surface area contributed by atoms with Gasteiger partial charge >= 0.3 is 107 Å². The summed E-state index contributed by atoms with van der Waals surface area (Å²) in [6, 6.07) is 10.3. The Bertz CT molecular complexity index is 286. The van der Waals surface area contributed by atoms with Crippen molar-refractivity contribution in [2.75, 3.05) is 19.8 Å². The Kier molecular flexibility index (Phi) is 6.81. The van der Waals surface area contributed by atoms with Crippen molar-refractivity contribution in [2.24, 2.45) is 0 Å². The first-order chi connectivity index (χ1) is 8.26. The molecular formula is C13H22GeO3. The summed E-state index contributed by atoms with van der Waals surface area (Å²) in [5.74, 6) is 0. The molecule has 0 fully saturated rings. The Hall–Kier alpha value is -0.357. The van der Waals surface area contributed by atoms with Crippen molar-refractivity contribution >= 4 is 14.3 Å². The number of hydrogen-bond acceptors (Lipinski definition) is 3. The Balaban J connectivity index is 2.80. The summed E-state index contributed by atoms with van der Waals surface area (Å²) in [6.45, 7) is 7.90. The van der Waals surface area contributed by atoms with Crippen LogP contribution in [0.5, 0.6) is 0 Å². The summed E-state index contributed by atoms with van der Waals surface area (Å²) in [6.07, 6.45) is 0. The maximum absolute atomic E-state index is 5.86. The molecule has 0 saturated heterocycles. The molecule has 1 rings (SSSR count). The molecule has 0 aromatic heterocycles. The number of rotatable bonds is 8. The Morgan fingerprint density at radius 3 is 1.71 bits per heavy atom. The van der Waals surface area contributed by atoms with Crippen LogP contribution in [0.2, 0.25) is 0 Å². The van der Waals surface area contributed by atoms with Crippen molar-refractivity contribution in [3.63, 3.8) is 0 Å². The summed E-state index contributed by atoms with van der Waals surface area (Å²) < 4.78 is 17.6. The third-order valence-electron chi connectivity index (χ3n) is 2.36. The molecule has 0 radical (unpaired) electrons. The summed E-state index contributed by atoms with van der Waals surface area (Å²) in [4.78, 5) is 0. The van der Waals surface area contributed by atoms with Gasteiger partial charge in [0.2, 0.25) is 0 Å². The standard InChI is InChI=1S/C13H22GeO3/c1-4-15-14(16-5-2,17-6-3)12-13-10-8-7-9-11-13/h7-11H,4-6,12H2,1-3H3. The molecule has 1 aromatic rings. The topological polar surface area (TPSA) is 27.7 Å². The number of hydrogen-bond donors (Lipinski definition) is 0. The van der Waals surface area contributed by atoms with Crippen LogP contribution in [0.25, 0.3) is 0 Å².